The molecule has 7 heteroatoms. The lowest BCUT2D eigenvalue weighted by Crippen LogP contribution is -2.34. The quantitative estimate of drug-likeness (QED) is 0.369. The van der Waals surface area contributed by atoms with Gasteiger partial charge in [0, 0.05) is 42.5 Å². The van der Waals surface area contributed by atoms with E-state index >= 15 is 0 Å². The highest BCUT2D eigenvalue weighted by atomic mass is 32.1. The number of pyridine rings is 1. The van der Waals surface area contributed by atoms with Crippen LogP contribution in [0.25, 0.3) is 10.6 Å². The summed E-state index contributed by atoms with van der Waals surface area (Å²) in [6.07, 6.45) is 3.71. The zero-order chi connectivity index (χ0) is 23.9. The van der Waals surface area contributed by atoms with Crippen LogP contribution >= 0.6 is 11.3 Å². The number of rotatable bonds is 8. The fourth-order valence-corrected chi connectivity index (χ4v) is 4.56. The monoisotopic (exact) mass is 470 g/mol. The Bertz CT molecular complexity index is 1260. The van der Waals surface area contributed by atoms with Gasteiger partial charge in [0.1, 0.15) is 5.01 Å². The van der Waals surface area contributed by atoms with Crippen LogP contribution in [0.3, 0.4) is 0 Å². The Morgan fingerprint density at radius 3 is 2.62 bits per heavy atom. The number of aromatic nitrogens is 2. The topological polar surface area (TPSA) is 75.2 Å². The van der Waals surface area contributed by atoms with Crippen LogP contribution in [0.15, 0.2) is 84.5 Å². The van der Waals surface area contributed by atoms with Crippen molar-refractivity contribution in [3.8, 4) is 10.6 Å². The smallest absolute Gasteiger partial charge is 0.229 e. The van der Waals surface area contributed by atoms with Crippen LogP contribution < -0.4 is 5.32 Å². The maximum Gasteiger partial charge on any atom is 0.229 e. The number of benzene rings is 2. The van der Waals surface area contributed by atoms with Crippen molar-refractivity contribution < 1.29 is 9.59 Å². The normalized spacial score (nSPS) is 11.6. The Morgan fingerprint density at radius 2 is 1.88 bits per heavy atom. The van der Waals surface area contributed by atoms with Gasteiger partial charge in [-0.15, -0.1) is 11.3 Å². The maximum atomic E-state index is 13.5. The number of anilines is 1. The fraction of sp³-hybridized carbons (Fsp3) is 0.185. The predicted molar refractivity (Wildman–Crippen MR) is 135 cm³/mol. The summed E-state index contributed by atoms with van der Waals surface area (Å²) in [4.78, 5) is 35.7. The molecule has 4 aromatic rings. The second-order valence-electron chi connectivity index (χ2n) is 8.05. The Kier molecular flexibility index (Phi) is 7.44. The number of hydrogen-bond donors (Lipinski definition) is 1. The molecule has 0 saturated heterocycles. The Hall–Kier alpha value is -3.84. The summed E-state index contributed by atoms with van der Waals surface area (Å²) in [5, 5.41) is 5.60. The van der Waals surface area contributed by atoms with Crippen LogP contribution in [0.4, 0.5) is 5.69 Å². The third kappa shape index (κ3) is 5.94. The minimum Gasteiger partial charge on any atom is -0.331 e. The van der Waals surface area contributed by atoms with Crippen molar-refractivity contribution in [1.82, 2.24) is 14.9 Å². The molecular weight excluding hydrogens is 444 g/mol. The van der Waals surface area contributed by atoms with Crippen molar-refractivity contribution in [3.05, 3.63) is 101 Å². The Labute approximate surface area is 203 Å². The molecule has 6 nitrogen and oxygen atoms in total. The molecule has 0 aliphatic rings. The minimum absolute atomic E-state index is 0.00989. The molecule has 4 rings (SSSR count). The average molecular weight is 471 g/mol. The van der Waals surface area contributed by atoms with Gasteiger partial charge in [-0.2, -0.15) is 0 Å². The number of nitrogens with one attached hydrogen (secondary N) is 1. The first-order chi connectivity index (χ1) is 16.5. The molecule has 1 atom stereocenters. The number of amides is 2. The van der Waals surface area contributed by atoms with Crippen LogP contribution in [-0.4, -0.2) is 26.7 Å². The second kappa shape index (κ2) is 10.9. The number of carbonyl (C=O) groups is 2. The van der Waals surface area contributed by atoms with Crippen LogP contribution in [0.2, 0.25) is 0 Å². The zero-order valence-corrected chi connectivity index (χ0v) is 20.0. The van der Waals surface area contributed by atoms with E-state index in [4.69, 9.17) is 0 Å². The van der Waals surface area contributed by atoms with Gasteiger partial charge in [-0.05, 0) is 42.3 Å². The lowest BCUT2D eigenvalue weighted by molar-refractivity contribution is -0.133. The SMILES string of the molecule is CC(=O)Nc1cccc(C(C)N(Cc2ccccc2)C(=O)Cc2csc(-c3cccnc3)n2)c1. The summed E-state index contributed by atoms with van der Waals surface area (Å²) in [6, 6.07) is 21.2. The molecule has 2 aromatic heterocycles. The van der Waals surface area contributed by atoms with Gasteiger partial charge in [0.2, 0.25) is 11.8 Å². The molecule has 0 spiro atoms. The van der Waals surface area contributed by atoms with E-state index in [9.17, 15) is 9.59 Å². The van der Waals surface area contributed by atoms with Crippen LogP contribution in [0, 0.1) is 0 Å². The third-order valence-electron chi connectivity index (χ3n) is 5.47. The van der Waals surface area contributed by atoms with Gasteiger partial charge >= 0.3 is 0 Å². The number of thiazole rings is 1. The van der Waals surface area contributed by atoms with Gasteiger partial charge in [0.15, 0.2) is 0 Å². The highest BCUT2D eigenvalue weighted by Crippen LogP contribution is 2.27. The van der Waals surface area contributed by atoms with E-state index in [1.807, 2.05) is 83.9 Å². The highest BCUT2D eigenvalue weighted by Gasteiger charge is 2.23. The van der Waals surface area contributed by atoms with E-state index in [0.29, 0.717) is 12.2 Å². The van der Waals surface area contributed by atoms with E-state index in [0.717, 1.165) is 27.4 Å². The molecular formula is C27H26N4O2S. The molecule has 2 aromatic carbocycles. The van der Waals surface area contributed by atoms with Gasteiger partial charge < -0.3 is 10.2 Å². The Balaban J connectivity index is 1.58. The van der Waals surface area contributed by atoms with Gasteiger partial charge in [-0.25, -0.2) is 4.98 Å². The molecule has 172 valence electrons. The molecule has 2 amide bonds. The molecule has 34 heavy (non-hydrogen) atoms. The zero-order valence-electron chi connectivity index (χ0n) is 19.1. The van der Waals surface area contributed by atoms with E-state index in [1.54, 1.807) is 12.4 Å². The number of carbonyl (C=O) groups excluding carboxylic acids is 2. The lowest BCUT2D eigenvalue weighted by Gasteiger charge is -2.30. The van der Waals surface area contributed by atoms with Crippen LogP contribution in [0.5, 0.6) is 0 Å². The average Bonchev–Trinajstić information content (AvgIpc) is 3.31. The summed E-state index contributed by atoms with van der Waals surface area (Å²) in [5.41, 5.74) is 4.39. The first-order valence-corrected chi connectivity index (χ1v) is 11.9. The first kappa shape index (κ1) is 23.3. The molecule has 0 aliphatic carbocycles. The van der Waals surface area contributed by atoms with Crippen molar-refractivity contribution in [2.75, 3.05) is 5.32 Å². The van der Waals surface area contributed by atoms with E-state index in [2.05, 4.69) is 15.3 Å². The second-order valence-corrected chi connectivity index (χ2v) is 8.91. The molecule has 0 bridgehead atoms. The molecule has 0 saturated carbocycles. The van der Waals surface area contributed by atoms with E-state index in [1.165, 1.54) is 18.3 Å². The fourth-order valence-electron chi connectivity index (χ4n) is 3.75. The van der Waals surface area contributed by atoms with Crippen molar-refractivity contribution in [1.29, 1.82) is 0 Å². The standard InChI is InChI=1S/C27H26N4O2S/c1-19(22-10-6-12-24(14-22)29-20(2)32)31(17-21-8-4-3-5-9-21)26(33)15-25-18-34-27(30-25)23-11-7-13-28-16-23/h3-14,16,18-19H,15,17H2,1-2H3,(H,29,32). The van der Waals surface area contributed by atoms with E-state index < -0.39 is 0 Å². The van der Waals surface area contributed by atoms with Gasteiger partial charge in [0.25, 0.3) is 0 Å². The summed E-state index contributed by atoms with van der Waals surface area (Å²) in [7, 11) is 0. The number of nitrogens with zero attached hydrogens (tertiary/aromatic N) is 3. The van der Waals surface area contributed by atoms with Gasteiger partial charge in [0.05, 0.1) is 18.2 Å². The van der Waals surface area contributed by atoms with Gasteiger partial charge in [-0.3, -0.25) is 14.6 Å². The molecule has 0 fully saturated rings. The van der Waals surface area contributed by atoms with Crippen LogP contribution in [-0.2, 0) is 22.6 Å². The van der Waals surface area contributed by atoms with Crippen LogP contribution in [0.1, 0.15) is 36.7 Å². The first-order valence-electron chi connectivity index (χ1n) is 11.1. The molecule has 0 aliphatic heterocycles. The Morgan fingerprint density at radius 1 is 1.06 bits per heavy atom. The molecule has 0 radical (unpaired) electrons. The van der Waals surface area contributed by atoms with Crippen molar-refractivity contribution in [2.24, 2.45) is 0 Å². The van der Waals surface area contributed by atoms with Crippen molar-refractivity contribution in [2.45, 2.75) is 32.9 Å². The maximum absolute atomic E-state index is 13.5. The third-order valence-corrected chi connectivity index (χ3v) is 6.41. The number of hydrogen-bond acceptors (Lipinski definition) is 5. The molecule has 2 heterocycles. The summed E-state index contributed by atoms with van der Waals surface area (Å²) in [5.74, 6) is -0.140. The summed E-state index contributed by atoms with van der Waals surface area (Å²) < 4.78 is 0. The largest absolute Gasteiger partial charge is 0.331 e. The summed E-state index contributed by atoms with van der Waals surface area (Å²) >= 11 is 1.51. The molecule has 1 unspecified atom stereocenters. The highest BCUT2D eigenvalue weighted by molar-refractivity contribution is 7.13. The summed E-state index contributed by atoms with van der Waals surface area (Å²) in [6.45, 7) is 3.97. The van der Waals surface area contributed by atoms with Crippen molar-refractivity contribution in [3.63, 3.8) is 0 Å². The van der Waals surface area contributed by atoms with E-state index in [-0.39, 0.29) is 24.3 Å². The minimum atomic E-state index is -0.196. The predicted octanol–water partition coefficient (Wildman–Crippen LogP) is 5.50. The van der Waals surface area contributed by atoms with Crippen molar-refractivity contribution >= 4 is 28.8 Å². The van der Waals surface area contributed by atoms with Gasteiger partial charge in [-0.1, -0.05) is 42.5 Å². The molecule has 1 N–H and O–H groups in total. The lowest BCUT2D eigenvalue weighted by atomic mass is 10.0.